The molecule has 0 fully saturated rings. The molecule has 1 atom stereocenters. The summed E-state index contributed by atoms with van der Waals surface area (Å²) in [5, 5.41) is 6.99. The van der Waals surface area contributed by atoms with Crippen molar-refractivity contribution in [1.29, 1.82) is 0 Å². The molecule has 3 N–H and O–H groups in total. The van der Waals surface area contributed by atoms with Crippen LogP contribution in [0.5, 0.6) is 0 Å². The molecule has 0 aromatic heterocycles. The van der Waals surface area contributed by atoms with Gasteiger partial charge < -0.3 is 10.6 Å². The number of hydrogen-bond acceptors (Lipinski definition) is 1. The summed E-state index contributed by atoms with van der Waals surface area (Å²) in [4.78, 5) is 0. The van der Waals surface area contributed by atoms with Crippen molar-refractivity contribution >= 4 is 40.7 Å². The van der Waals surface area contributed by atoms with Crippen LogP contribution in [0.25, 0.3) is 6.08 Å². The predicted octanol–water partition coefficient (Wildman–Crippen LogP) is 7.05. The summed E-state index contributed by atoms with van der Waals surface area (Å²) in [7, 11) is 2.07. The lowest BCUT2D eigenvalue weighted by atomic mass is 9.76. The van der Waals surface area contributed by atoms with Gasteiger partial charge in [0.1, 0.15) is 5.69 Å². The van der Waals surface area contributed by atoms with E-state index in [1.54, 1.807) is 0 Å². The van der Waals surface area contributed by atoms with Crippen LogP contribution >= 0.6 is 23.2 Å². The molecule has 0 spiro atoms. The first kappa shape index (κ1) is 24.6. The largest absolute Gasteiger partial charge is 0.385 e. The molecular formula is C24H35Cl2N2+. The van der Waals surface area contributed by atoms with E-state index >= 15 is 0 Å². The maximum Gasteiger partial charge on any atom is 0.133 e. The maximum absolute atomic E-state index is 6.42. The molecule has 2 aromatic carbocycles. The molecule has 0 saturated heterocycles. The number of nitrogens with two attached hydrogens (primary N) is 1. The Bertz CT molecular complexity index is 771. The molecule has 0 aliphatic rings. The summed E-state index contributed by atoms with van der Waals surface area (Å²) >= 11 is 12.7. The van der Waals surface area contributed by atoms with Crippen LogP contribution in [0.3, 0.4) is 0 Å². The minimum absolute atomic E-state index is 0.0272. The summed E-state index contributed by atoms with van der Waals surface area (Å²) in [5.41, 5.74) is 4.67. The van der Waals surface area contributed by atoms with E-state index in [9.17, 15) is 0 Å². The number of hydrogen-bond donors (Lipinski definition) is 2. The van der Waals surface area contributed by atoms with E-state index in [-0.39, 0.29) is 5.41 Å². The van der Waals surface area contributed by atoms with Crippen molar-refractivity contribution < 1.29 is 5.32 Å². The molecule has 0 amide bonds. The number of nitrogens with one attached hydrogen (secondary N) is 1. The molecule has 0 saturated carbocycles. The first-order valence-electron chi connectivity index (χ1n) is 10.2. The smallest absolute Gasteiger partial charge is 0.133 e. The fourth-order valence-electron chi connectivity index (χ4n) is 3.17. The van der Waals surface area contributed by atoms with Crippen molar-refractivity contribution in [2.75, 3.05) is 18.9 Å². The lowest BCUT2D eigenvalue weighted by Gasteiger charge is -2.28. The number of rotatable bonds is 8. The Labute approximate surface area is 181 Å². The van der Waals surface area contributed by atoms with Gasteiger partial charge in [0.25, 0.3) is 0 Å². The number of anilines is 1. The van der Waals surface area contributed by atoms with Crippen LogP contribution in [0.4, 0.5) is 11.4 Å². The highest BCUT2D eigenvalue weighted by molar-refractivity contribution is 6.32. The van der Waals surface area contributed by atoms with Gasteiger partial charge in [-0.2, -0.15) is 0 Å². The van der Waals surface area contributed by atoms with Crippen molar-refractivity contribution in [1.82, 2.24) is 0 Å². The van der Waals surface area contributed by atoms with Crippen molar-refractivity contribution in [3.05, 3.63) is 63.6 Å². The first-order valence-corrected chi connectivity index (χ1v) is 11.0. The molecule has 0 heterocycles. The Morgan fingerprint density at radius 2 is 1.79 bits per heavy atom. The number of allylic oxidation sites excluding steroid dienone is 1. The Balaban J connectivity index is 0.00000190. The fourth-order valence-corrected chi connectivity index (χ4v) is 3.59. The van der Waals surface area contributed by atoms with Crippen molar-refractivity contribution in [2.45, 2.75) is 52.9 Å². The zero-order valence-electron chi connectivity index (χ0n) is 18.1. The second-order valence-electron chi connectivity index (χ2n) is 6.81. The molecule has 2 rings (SSSR count). The topological polar surface area (TPSA) is 28.6 Å². The van der Waals surface area contributed by atoms with Crippen LogP contribution in [-0.2, 0) is 5.41 Å². The highest BCUT2D eigenvalue weighted by atomic mass is 35.5. The lowest BCUT2D eigenvalue weighted by molar-refractivity contribution is -0.540. The van der Waals surface area contributed by atoms with Crippen molar-refractivity contribution in [3.63, 3.8) is 0 Å². The summed E-state index contributed by atoms with van der Waals surface area (Å²) in [6.45, 7) is 11.5. The third-order valence-corrected chi connectivity index (χ3v) is 5.57. The lowest BCUT2D eigenvalue weighted by Crippen LogP contribution is -2.73. The van der Waals surface area contributed by atoms with Crippen LogP contribution in [0.1, 0.15) is 58.6 Å². The monoisotopic (exact) mass is 421 g/mol. The number of benzene rings is 2. The van der Waals surface area contributed by atoms with Gasteiger partial charge in [0.15, 0.2) is 0 Å². The molecule has 1 unspecified atom stereocenters. The van der Waals surface area contributed by atoms with E-state index in [1.165, 1.54) is 11.3 Å². The van der Waals surface area contributed by atoms with Gasteiger partial charge in [-0.15, -0.1) is 0 Å². The van der Waals surface area contributed by atoms with Crippen LogP contribution in [-0.4, -0.2) is 13.6 Å². The number of halogens is 2. The van der Waals surface area contributed by atoms with E-state index < -0.39 is 0 Å². The molecule has 0 bridgehead atoms. The Morgan fingerprint density at radius 1 is 1.07 bits per heavy atom. The second-order valence-corrected chi connectivity index (χ2v) is 7.65. The molecule has 154 valence electrons. The van der Waals surface area contributed by atoms with Gasteiger partial charge in [-0.3, -0.25) is 0 Å². The molecule has 2 aromatic rings. The van der Waals surface area contributed by atoms with Gasteiger partial charge in [0, 0.05) is 39.3 Å². The normalized spacial score (nSPS) is 13.0. The summed E-state index contributed by atoms with van der Waals surface area (Å²) in [5.74, 6) is 0. The van der Waals surface area contributed by atoms with Gasteiger partial charge in [0.2, 0.25) is 0 Å². The third-order valence-electron chi connectivity index (χ3n) is 5.00. The molecule has 0 radical (unpaired) electrons. The van der Waals surface area contributed by atoms with E-state index in [0.29, 0.717) is 0 Å². The van der Waals surface area contributed by atoms with Gasteiger partial charge in [0.05, 0.1) is 7.05 Å². The van der Waals surface area contributed by atoms with E-state index in [2.05, 4.69) is 74.9 Å². The van der Waals surface area contributed by atoms with Gasteiger partial charge in [-0.25, -0.2) is 0 Å². The highest BCUT2D eigenvalue weighted by Gasteiger charge is 2.27. The Morgan fingerprint density at radius 3 is 2.36 bits per heavy atom. The SMILES string of the molecule is CC.CCNc1ccc(/C=C/CC(C)(CC)c2cc(Cl)ccc2[NH2+]C)c(Cl)c1. The van der Waals surface area contributed by atoms with Crippen LogP contribution in [0.15, 0.2) is 42.5 Å². The quantitative estimate of drug-likeness (QED) is 0.439. The average Bonchev–Trinajstić information content (AvgIpc) is 2.71. The molecule has 28 heavy (non-hydrogen) atoms. The maximum atomic E-state index is 6.42. The molecular weight excluding hydrogens is 387 g/mol. The van der Waals surface area contributed by atoms with Crippen LogP contribution in [0, 0.1) is 0 Å². The summed E-state index contributed by atoms with van der Waals surface area (Å²) in [6, 6.07) is 12.3. The fraction of sp³-hybridized carbons (Fsp3) is 0.417. The molecule has 0 aliphatic carbocycles. The zero-order chi connectivity index (χ0) is 21.2. The van der Waals surface area contributed by atoms with Crippen LogP contribution < -0.4 is 10.6 Å². The highest BCUT2D eigenvalue weighted by Crippen LogP contribution is 2.37. The van der Waals surface area contributed by atoms with Gasteiger partial charge in [-0.1, -0.05) is 69.1 Å². The van der Waals surface area contributed by atoms with E-state index in [4.69, 9.17) is 23.2 Å². The third kappa shape index (κ3) is 6.55. The van der Waals surface area contributed by atoms with Crippen LogP contribution in [0.2, 0.25) is 10.0 Å². The molecule has 4 heteroatoms. The predicted molar refractivity (Wildman–Crippen MR) is 127 cm³/mol. The molecule has 2 nitrogen and oxygen atoms in total. The average molecular weight is 422 g/mol. The van der Waals surface area contributed by atoms with Gasteiger partial charge >= 0.3 is 0 Å². The Hall–Kier alpha value is -1.48. The minimum Gasteiger partial charge on any atom is -0.385 e. The van der Waals surface area contributed by atoms with Crippen molar-refractivity contribution in [3.8, 4) is 0 Å². The second kappa shape index (κ2) is 12.2. The van der Waals surface area contributed by atoms with E-state index in [1.807, 2.05) is 26.0 Å². The van der Waals surface area contributed by atoms with E-state index in [0.717, 1.165) is 40.7 Å². The standard InChI is InChI=1S/C22H28Cl2N2.C2H6/c1-5-22(3,19-14-17(23)10-12-21(19)25-4)13-7-8-16-9-11-18(26-6-2)15-20(16)24;1-2/h7-12,14-15,25-26H,5-6,13H2,1-4H3;1-2H3/p+1/b8-7+;. The number of quaternary nitrogens is 1. The first-order chi connectivity index (χ1) is 13.4. The summed E-state index contributed by atoms with van der Waals surface area (Å²) in [6.07, 6.45) is 6.30. The Kier molecular flexibility index (Phi) is 10.7. The van der Waals surface area contributed by atoms with Gasteiger partial charge in [-0.05, 0) is 49.6 Å². The minimum atomic E-state index is 0.0272. The van der Waals surface area contributed by atoms with Crippen molar-refractivity contribution in [2.24, 2.45) is 0 Å². The zero-order valence-corrected chi connectivity index (χ0v) is 19.6. The molecule has 0 aliphatic heterocycles. The summed E-state index contributed by atoms with van der Waals surface area (Å²) < 4.78 is 0.